The maximum atomic E-state index is 11.4. The third-order valence-corrected chi connectivity index (χ3v) is 1.93. The van der Waals surface area contributed by atoms with E-state index in [9.17, 15) is 4.79 Å². The second-order valence-electron chi connectivity index (χ2n) is 3.23. The molecular formula is C9H18O3. The Hall–Kier alpha value is -0.410. The van der Waals surface area contributed by atoms with Crippen LogP contribution in [0.5, 0.6) is 0 Å². The molecule has 3 heteroatoms. The third-order valence-electron chi connectivity index (χ3n) is 1.93. The van der Waals surface area contributed by atoms with E-state index in [-0.39, 0.29) is 5.78 Å². The summed E-state index contributed by atoms with van der Waals surface area (Å²) in [6, 6.07) is 0. The van der Waals surface area contributed by atoms with Gasteiger partial charge < -0.3 is 9.47 Å². The zero-order chi connectivity index (χ0) is 9.61. The van der Waals surface area contributed by atoms with Crippen molar-refractivity contribution < 1.29 is 14.3 Å². The fourth-order valence-corrected chi connectivity index (χ4v) is 0.792. The van der Waals surface area contributed by atoms with Gasteiger partial charge in [-0.1, -0.05) is 0 Å². The van der Waals surface area contributed by atoms with E-state index >= 15 is 0 Å². The lowest BCUT2D eigenvalue weighted by atomic mass is 10.00. The average Bonchev–Trinajstić information content (AvgIpc) is 2.05. The van der Waals surface area contributed by atoms with E-state index in [1.165, 1.54) is 0 Å². The molecule has 12 heavy (non-hydrogen) atoms. The van der Waals surface area contributed by atoms with Gasteiger partial charge in [-0.2, -0.15) is 0 Å². The number of ether oxygens (including phenoxy) is 2. The van der Waals surface area contributed by atoms with Gasteiger partial charge in [-0.3, -0.25) is 4.79 Å². The molecule has 0 saturated carbocycles. The van der Waals surface area contributed by atoms with E-state index in [2.05, 4.69) is 0 Å². The minimum absolute atomic E-state index is 0.127. The molecule has 0 rings (SSSR count). The van der Waals surface area contributed by atoms with Gasteiger partial charge in [-0.25, -0.2) is 0 Å². The highest BCUT2D eigenvalue weighted by atomic mass is 16.5. The van der Waals surface area contributed by atoms with Crippen LogP contribution in [0.2, 0.25) is 0 Å². The van der Waals surface area contributed by atoms with Crippen LogP contribution in [0.4, 0.5) is 0 Å². The van der Waals surface area contributed by atoms with Crippen LogP contribution in [0.3, 0.4) is 0 Å². The summed E-state index contributed by atoms with van der Waals surface area (Å²) in [4.78, 5) is 11.4. The largest absolute Gasteiger partial charge is 0.385 e. The van der Waals surface area contributed by atoms with Crippen molar-refractivity contribution in [3.05, 3.63) is 0 Å². The Bertz CT molecular complexity index is 141. The molecule has 0 unspecified atom stereocenters. The van der Waals surface area contributed by atoms with Crippen LogP contribution < -0.4 is 0 Å². The van der Waals surface area contributed by atoms with Crippen LogP contribution in [0.15, 0.2) is 0 Å². The van der Waals surface area contributed by atoms with Crippen molar-refractivity contribution in [2.45, 2.75) is 32.3 Å². The summed E-state index contributed by atoms with van der Waals surface area (Å²) in [6.07, 6.45) is 1.29. The summed E-state index contributed by atoms with van der Waals surface area (Å²) in [6.45, 7) is 4.19. The van der Waals surface area contributed by atoms with Crippen LogP contribution in [0.25, 0.3) is 0 Å². The molecule has 0 aromatic carbocycles. The van der Waals surface area contributed by atoms with Crippen molar-refractivity contribution in [2.24, 2.45) is 0 Å². The van der Waals surface area contributed by atoms with E-state index in [0.717, 1.165) is 6.42 Å². The van der Waals surface area contributed by atoms with Gasteiger partial charge in [0.15, 0.2) is 5.78 Å². The topological polar surface area (TPSA) is 35.5 Å². The second-order valence-corrected chi connectivity index (χ2v) is 3.23. The molecule has 0 saturated heterocycles. The Morgan fingerprint density at radius 3 is 2.33 bits per heavy atom. The lowest BCUT2D eigenvalue weighted by molar-refractivity contribution is -0.137. The normalized spacial score (nSPS) is 11.7. The quantitative estimate of drug-likeness (QED) is 0.571. The maximum absolute atomic E-state index is 11.4. The minimum atomic E-state index is -0.645. The second kappa shape index (κ2) is 5.27. The predicted octanol–water partition coefficient (Wildman–Crippen LogP) is 1.41. The lowest BCUT2D eigenvalue weighted by Gasteiger charge is -2.20. The average molecular weight is 174 g/mol. The maximum Gasteiger partial charge on any atom is 0.164 e. The summed E-state index contributed by atoms with van der Waals surface area (Å²) in [5.41, 5.74) is -0.645. The molecule has 0 aromatic rings. The van der Waals surface area contributed by atoms with Gasteiger partial charge in [-0.05, 0) is 20.3 Å². The standard InChI is InChI=1S/C9H18O3/c1-9(2,12-4)8(10)6-5-7-11-3/h5-7H2,1-4H3. The van der Waals surface area contributed by atoms with E-state index in [0.29, 0.717) is 13.0 Å². The fourth-order valence-electron chi connectivity index (χ4n) is 0.792. The zero-order valence-electron chi connectivity index (χ0n) is 8.35. The van der Waals surface area contributed by atoms with Crippen molar-refractivity contribution in [1.82, 2.24) is 0 Å². The van der Waals surface area contributed by atoms with E-state index < -0.39 is 5.60 Å². The highest BCUT2D eigenvalue weighted by Crippen LogP contribution is 2.12. The van der Waals surface area contributed by atoms with Gasteiger partial charge in [0.1, 0.15) is 5.60 Å². The summed E-state index contributed by atoms with van der Waals surface area (Å²) in [5, 5.41) is 0. The molecule has 0 atom stereocenters. The summed E-state index contributed by atoms with van der Waals surface area (Å²) in [7, 11) is 3.18. The van der Waals surface area contributed by atoms with Crippen LogP contribution in [0, 0.1) is 0 Å². The Morgan fingerprint density at radius 1 is 1.33 bits per heavy atom. The molecular weight excluding hydrogens is 156 g/mol. The highest BCUT2D eigenvalue weighted by molar-refractivity contribution is 5.86. The van der Waals surface area contributed by atoms with Crippen LogP contribution in [-0.4, -0.2) is 32.2 Å². The number of carbonyl (C=O) groups is 1. The molecule has 0 aromatic heterocycles. The van der Waals surface area contributed by atoms with Crippen molar-refractivity contribution >= 4 is 5.78 Å². The number of hydrogen-bond donors (Lipinski definition) is 0. The number of carbonyl (C=O) groups excluding carboxylic acids is 1. The molecule has 0 aliphatic carbocycles. The van der Waals surface area contributed by atoms with Crippen molar-refractivity contribution in [3.63, 3.8) is 0 Å². The first-order valence-corrected chi connectivity index (χ1v) is 4.12. The molecule has 0 fully saturated rings. The Balaban J connectivity index is 3.72. The fraction of sp³-hybridized carbons (Fsp3) is 0.889. The van der Waals surface area contributed by atoms with Gasteiger partial charge in [0.2, 0.25) is 0 Å². The molecule has 0 aliphatic rings. The minimum Gasteiger partial charge on any atom is -0.385 e. The summed E-state index contributed by atoms with van der Waals surface area (Å²) in [5.74, 6) is 0.127. The number of Topliss-reactive ketones (excluding diaryl/α,β-unsaturated/α-hetero) is 1. The van der Waals surface area contributed by atoms with Crippen LogP contribution in [0.1, 0.15) is 26.7 Å². The van der Waals surface area contributed by atoms with Crippen molar-refractivity contribution in [3.8, 4) is 0 Å². The van der Waals surface area contributed by atoms with Gasteiger partial charge in [0.25, 0.3) is 0 Å². The summed E-state index contributed by atoms with van der Waals surface area (Å²) >= 11 is 0. The molecule has 0 heterocycles. The third kappa shape index (κ3) is 3.83. The van der Waals surface area contributed by atoms with Gasteiger partial charge in [-0.15, -0.1) is 0 Å². The van der Waals surface area contributed by atoms with E-state index in [1.807, 2.05) is 0 Å². The molecule has 0 N–H and O–H groups in total. The van der Waals surface area contributed by atoms with Gasteiger partial charge in [0.05, 0.1) is 0 Å². The molecule has 3 nitrogen and oxygen atoms in total. The lowest BCUT2D eigenvalue weighted by Crippen LogP contribution is -2.33. The number of rotatable bonds is 6. The monoisotopic (exact) mass is 174 g/mol. The van der Waals surface area contributed by atoms with Gasteiger partial charge >= 0.3 is 0 Å². The number of ketones is 1. The number of hydrogen-bond acceptors (Lipinski definition) is 3. The molecule has 0 bridgehead atoms. The van der Waals surface area contributed by atoms with E-state index in [4.69, 9.17) is 9.47 Å². The first kappa shape index (κ1) is 11.6. The Labute approximate surface area is 74.0 Å². The zero-order valence-corrected chi connectivity index (χ0v) is 8.35. The first-order valence-electron chi connectivity index (χ1n) is 4.12. The van der Waals surface area contributed by atoms with Crippen LogP contribution in [-0.2, 0) is 14.3 Å². The molecule has 0 amide bonds. The molecule has 72 valence electrons. The molecule has 0 aliphatic heterocycles. The van der Waals surface area contributed by atoms with Gasteiger partial charge in [0, 0.05) is 27.2 Å². The predicted molar refractivity (Wildman–Crippen MR) is 47.2 cm³/mol. The molecule has 0 spiro atoms. The SMILES string of the molecule is COCCCC(=O)C(C)(C)OC. The molecule has 0 radical (unpaired) electrons. The Kier molecular flexibility index (Phi) is 5.09. The highest BCUT2D eigenvalue weighted by Gasteiger charge is 2.25. The van der Waals surface area contributed by atoms with Crippen molar-refractivity contribution in [2.75, 3.05) is 20.8 Å². The first-order chi connectivity index (χ1) is 5.54. The van der Waals surface area contributed by atoms with Crippen molar-refractivity contribution in [1.29, 1.82) is 0 Å². The summed E-state index contributed by atoms with van der Waals surface area (Å²) < 4.78 is 9.89. The smallest absolute Gasteiger partial charge is 0.164 e. The number of methoxy groups -OCH3 is 2. The Morgan fingerprint density at radius 2 is 1.92 bits per heavy atom. The van der Waals surface area contributed by atoms with E-state index in [1.54, 1.807) is 28.1 Å². The van der Waals surface area contributed by atoms with Crippen LogP contribution >= 0.6 is 0 Å².